The van der Waals surface area contributed by atoms with Crippen molar-refractivity contribution in [2.24, 2.45) is 0 Å². The molecule has 10 heavy (non-hydrogen) atoms. The fraction of sp³-hybridized carbons (Fsp3) is 0.125. The molecule has 0 saturated heterocycles. The van der Waals surface area contributed by atoms with Crippen molar-refractivity contribution in [1.82, 2.24) is 0 Å². The molecule has 2 heteroatoms. The van der Waals surface area contributed by atoms with Crippen LogP contribution in [0.4, 0.5) is 8.78 Å². The van der Waals surface area contributed by atoms with Gasteiger partial charge in [-0.05, 0) is 18.2 Å². The Morgan fingerprint density at radius 3 is 2.20 bits per heavy atom. The lowest BCUT2D eigenvalue weighted by molar-refractivity contribution is 0.598. The summed E-state index contributed by atoms with van der Waals surface area (Å²) in [5, 5.41) is 0. The maximum Gasteiger partial charge on any atom is 0.131 e. The van der Waals surface area contributed by atoms with Crippen LogP contribution in [0.25, 0.3) is 0 Å². The maximum absolute atomic E-state index is 11.9. The molecule has 0 aliphatic carbocycles. The van der Waals surface area contributed by atoms with E-state index in [1.807, 2.05) is 0 Å². The van der Waals surface area contributed by atoms with Crippen LogP contribution in [0.5, 0.6) is 0 Å². The van der Waals surface area contributed by atoms with Gasteiger partial charge in [-0.15, -0.1) is 0 Å². The van der Waals surface area contributed by atoms with Crippen LogP contribution in [0, 0.1) is 24.6 Å². The van der Waals surface area contributed by atoms with E-state index in [2.05, 4.69) is 13.0 Å². The number of halogens is 2. The molecule has 0 atom stereocenters. The van der Waals surface area contributed by atoms with Gasteiger partial charge in [-0.2, -0.15) is 0 Å². The second-order valence-electron chi connectivity index (χ2n) is 1.35. The SMILES string of the molecule is Fc1[c]cc(F)cc1.[CH2]C. The molecule has 0 spiro atoms. The first-order chi connectivity index (χ1) is 4.79. The molecule has 0 amide bonds. The van der Waals surface area contributed by atoms with Gasteiger partial charge in [0.2, 0.25) is 0 Å². The first-order valence-electron chi connectivity index (χ1n) is 2.82. The number of hydrogen-bond donors (Lipinski definition) is 0. The molecular formula is C8H8F2. The van der Waals surface area contributed by atoms with E-state index < -0.39 is 11.6 Å². The van der Waals surface area contributed by atoms with Crippen molar-refractivity contribution in [3.05, 3.63) is 42.8 Å². The highest BCUT2D eigenvalue weighted by atomic mass is 19.1. The van der Waals surface area contributed by atoms with Crippen LogP contribution in [-0.2, 0) is 0 Å². The van der Waals surface area contributed by atoms with Gasteiger partial charge < -0.3 is 0 Å². The predicted octanol–water partition coefficient (Wildman–Crippen LogP) is 2.61. The molecule has 0 bridgehead atoms. The van der Waals surface area contributed by atoms with Crippen molar-refractivity contribution in [2.45, 2.75) is 6.92 Å². The van der Waals surface area contributed by atoms with Gasteiger partial charge in [0.1, 0.15) is 11.6 Å². The summed E-state index contributed by atoms with van der Waals surface area (Å²) in [6.07, 6.45) is 0. The van der Waals surface area contributed by atoms with E-state index in [1.54, 1.807) is 6.92 Å². The number of benzene rings is 1. The van der Waals surface area contributed by atoms with Crippen LogP contribution >= 0.6 is 0 Å². The third kappa shape index (κ3) is 3.17. The van der Waals surface area contributed by atoms with E-state index in [4.69, 9.17) is 0 Å². The fourth-order valence-electron chi connectivity index (χ4n) is 0.387. The minimum absolute atomic E-state index is 0.466. The van der Waals surface area contributed by atoms with Crippen molar-refractivity contribution in [1.29, 1.82) is 0 Å². The molecule has 0 nitrogen and oxygen atoms in total. The molecule has 0 heterocycles. The molecule has 0 unspecified atom stereocenters. The summed E-state index contributed by atoms with van der Waals surface area (Å²) < 4.78 is 23.8. The first-order valence-corrected chi connectivity index (χ1v) is 2.82. The Hall–Kier alpha value is -0.920. The van der Waals surface area contributed by atoms with E-state index >= 15 is 0 Å². The summed E-state index contributed by atoms with van der Waals surface area (Å²) >= 11 is 0. The summed E-state index contributed by atoms with van der Waals surface area (Å²) in [5.41, 5.74) is 0. The Bertz CT molecular complexity index is 146. The van der Waals surface area contributed by atoms with Gasteiger partial charge in [0.15, 0.2) is 0 Å². The molecule has 2 radical (unpaired) electrons. The molecule has 0 aromatic heterocycles. The monoisotopic (exact) mass is 142 g/mol. The zero-order chi connectivity index (χ0) is 7.98. The maximum atomic E-state index is 11.9. The van der Waals surface area contributed by atoms with Crippen molar-refractivity contribution in [2.75, 3.05) is 0 Å². The average Bonchev–Trinajstić information content (AvgIpc) is 2.00. The molecule has 1 rings (SSSR count). The smallest absolute Gasteiger partial charge is 0.131 e. The molecule has 0 aliphatic heterocycles. The Kier molecular flexibility index (Phi) is 4.46. The second kappa shape index (κ2) is 4.91. The Labute approximate surface area is 59.5 Å². The molecule has 0 N–H and O–H groups in total. The van der Waals surface area contributed by atoms with Crippen LogP contribution in [0.2, 0.25) is 0 Å². The Morgan fingerprint density at radius 1 is 1.30 bits per heavy atom. The molecule has 0 saturated carbocycles. The predicted molar refractivity (Wildman–Crippen MR) is 36.2 cm³/mol. The fourth-order valence-corrected chi connectivity index (χ4v) is 0.387. The van der Waals surface area contributed by atoms with Crippen molar-refractivity contribution in [3.63, 3.8) is 0 Å². The quantitative estimate of drug-likeness (QED) is 0.522. The summed E-state index contributed by atoms with van der Waals surface area (Å²) in [6.45, 7) is 5.00. The standard InChI is InChI=1S/C6H3F2.C2H5/c7-5-1-2-6(8)4-3-5;1-2/h1-3H;1H2,2H3. The largest absolute Gasteiger partial charge is 0.207 e. The minimum Gasteiger partial charge on any atom is -0.207 e. The third-order valence-corrected chi connectivity index (χ3v) is 0.737. The van der Waals surface area contributed by atoms with Crippen LogP contribution in [-0.4, -0.2) is 0 Å². The molecule has 1 aromatic carbocycles. The first kappa shape index (κ1) is 9.08. The lowest BCUT2D eigenvalue weighted by atomic mass is 10.3. The second-order valence-corrected chi connectivity index (χ2v) is 1.35. The number of hydrogen-bond acceptors (Lipinski definition) is 0. The van der Waals surface area contributed by atoms with E-state index in [1.165, 1.54) is 0 Å². The summed E-state index contributed by atoms with van der Waals surface area (Å²) in [4.78, 5) is 0. The van der Waals surface area contributed by atoms with E-state index in [0.717, 1.165) is 18.2 Å². The van der Waals surface area contributed by atoms with Gasteiger partial charge in [0.05, 0.1) is 0 Å². The zero-order valence-electron chi connectivity index (χ0n) is 5.70. The third-order valence-electron chi connectivity index (χ3n) is 0.737. The summed E-state index contributed by atoms with van der Waals surface area (Å²) in [5.74, 6) is -1.00. The summed E-state index contributed by atoms with van der Waals surface area (Å²) in [6, 6.07) is 5.08. The van der Waals surface area contributed by atoms with Crippen molar-refractivity contribution in [3.8, 4) is 0 Å². The van der Waals surface area contributed by atoms with Gasteiger partial charge in [-0.1, -0.05) is 13.8 Å². The number of rotatable bonds is 0. The molecular weight excluding hydrogens is 134 g/mol. The van der Waals surface area contributed by atoms with Crippen LogP contribution < -0.4 is 0 Å². The van der Waals surface area contributed by atoms with Gasteiger partial charge >= 0.3 is 0 Å². The topological polar surface area (TPSA) is 0 Å². The molecule has 54 valence electrons. The Balaban J connectivity index is 0.000000371. The van der Waals surface area contributed by atoms with Crippen LogP contribution in [0.15, 0.2) is 18.2 Å². The van der Waals surface area contributed by atoms with E-state index in [-0.39, 0.29) is 0 Å². The zero-order valence-corrected chi connectivity index (χ0v) is 5.70. The Morgan fingerprint density at radius 2 is 1.90 bits per heavy atom. The van der Waals surface area contributed by atoms with Gasteiger partial charge in [-0.3, -0.25) is 0 Å². The summed E-state index contributed by atoms with van der Waals surface area (Å²) in [7, 11) is 0. The highest BCUT2D eigenvalue weighted by Crippen LogP contribution is 1.97. The lowest BCUT2D eigenvalue weighted by Crippen LogP contribution is -1.73. The molecule has 1 aromatic rings. The van der Waals surface area contributed by atoms with Crippen LogP contribution in [0.3, 0.4) is 0 Å². The molecule has 0 aliphatic rings. The average molecular weight is 142 g/mol. The van der Waals surface area contributed by atoms with Crippen molar-refractivity contribution < 1.29 is 8.78 Å². The van der Waals surface area contributed by atoms with Gasteiger partial charge in [0, 0.05) is 6.07 Å². The van der Waals surface area contributed by atoms with Gasteiger partial charge in [0.25, 0.3) is 0 Å². The highest BCUT2D eigenvalue weighted by molar-refractivity contribution is 5.03. The highest BCUT2D eigenvalue weighted by Gasteiger charge is 1.87. The molecule has 0 fully saturated rings. The van der Waals surface area contributed by atoms with Crippen LogP contribution in [0.1, 0.15) is 6.92 Å². The normalized spacial score (nSPS) is 8.00. The van der Waals surface area contributed by atoms with Gasteiger partial charge in [-0.25, -0.2) is 8.78 Å². The lowest BCUT2D eigenvalue weighted by Gasteiger charge is -1.82. The van der Waals surface area contributed by atoms with E-state index in [0.29, 0.717) is 0 Å². The minimum atomic E-state index is -0.536. The van der Waals surface area contributed by atoms with E-state index in [9.17, 15) is 8.78 Å². The van der Waals surface area contributed by atoms with Crippen molar-refractivity contribution >= 4 is 0 Å².